The van der Waals surface area contributed by atoms with Crippen molar-refractivity contribution in [2.75, 3.05) is 18.8 Å². The summed E-state index contributed by atoms with van der Waals surface area (Å²) in [6.07, 6.45) is 2.16. The Morgan fingerprint density at radius 2 is 2.11 bits per heavy atom. The van der Waals surface area contributed by atoms with Crippen LogP contribution in [0.25, 0.3) is 0 Å². The molecule has 1 N–H and O–H groups in total. The van der Waals surface area contributed by atoms with Gasteiger partial charge < -0.3 is 10.0 Å². The topological polar surface area (TPSA) is 70.5 Å². The van der Waals surface area contributed by atoms with Crippen molar-refractivity contribution in [2.24, 2.45) is 0 Å². The van der Waals surface area contributed by atoms with Gasteiger partial charge in [-0.2, -0.15) is 0 Å². The lowest BCUT2D eigenvalue weighted by molar-refractivity contribution is -0.127. The van der Waals surface area contributed by atoms with Gasteiger partial charge in [0.15, 0.2) is 4.34 Å². The molecule has 0 bridgehead atoms. The van der Waals surface area contributed by atoms with Crippen molar-refractivity contribution in [3.05, 3.63) is 10.6 Å². The summed E-state index contributed by atoms with van der Waals surface area (Å²) in [7, 11) is 0. The first-order chi connectivity index (χ1) is 8.58. The van der Waals surface area contributed by atoms with Crippen LogP contribution in [0.1, 0.15) is 28.2 Å². The molecular formula is C11H14N2O3S2. The Hall–Kier alpha value is -1.08. The summed E-state index contributed by atoms with van der Waals surface area (Å²) in [4.78, 5) is 28.9. The Morgan fingerprint density at radius 1 is 1.44 bits per heavy atom. The van der Waals surface area contributed by atoms with Gasteiger partial charge in [0.05, 0.1) is 11.4 Å². The fourth-order valence-electron chi connectivity index (χ4n) is 1.81. The third-order valence-corrected chi connectivity index (χ3v) is 5.02. The minimum Gasteiger partial charge on any atom is -0.477 e. The molecule has 0 unspecified atom stereocenters. The molecule has 1 aliphatic heterocycles. The maximum absolute atomic E-state index is 11.8. The number of amides is 1. The normalized spacial score (nSPS) is 15.1. The third-order valence-electron chi connectivity index (χ3n) is 2.75. The van der Waals surface area contributed by atoms with E-state index in [4.69, 9.17) is 5.11 Å². The molecule has 98 valence electrons. The number of rotatable bonds is 4. The Morgan fingerprint density at radius 3 is 2.67 bits per heavy atom. The number of carboxylic acid groups (broad SMARTS) is 1. The fraction of sp³-hybridized carbons (Fsp3) is 0.545. The van der Waals surface area contributed by atoms with Crippen molar-refractivity contribution in [3.8, 4) is 0 Å². The molecule has 1 aromatic heterocycles. The molecule has 1 amide bonds. The first-order valence-corrected chi connectivity index (χ1v) is 7.49. The second kappa shape index (κ2) is 5.71. The van der Waals surface area contributed by atoms with E-state index in [1.54, 1.807) is 6.92 Å². The summed E-state index contributed by atoms with van der Waals surface area (Å²) < 4.78 is 0.650. The molecular weight excluding hydrogens is 272 g/mol. The highest BCUT2D eigenvalue weighted by atomic mass is 32.2. The molecule has 0 aliphatic carbocycles. The number of aromatic nitrogens is 1. The number of hydrogen-bond donors (Lipinski definition) is 1. The van der Waals surface area contributed by atoms with E-state index in [1.165, 1.54) is 11.8 Å². The van der Waals surface area contributed by atoms with Crippen LogP contribution in [0.4, 0.5) is 0 Å². The highest BCUT2D eigenvalue weighted by Gasteiger charge is 2.19. The summed E-state index contributed by atoms with van der Waals surface area (Å²) in [6.45, 7) is 3.36. The third kappa shape index (κ3) is 3.02. The molecule has 7 heteroatoms. The van der Waals surface area contributed by atoms with E-state index in [1.807, 2.05) is 4.90 Å². The number of thiazole rings is 1. The number of likely N-dealkylation sites (tertiary alicyclic amines) is 1. The van der Waals surface area contributed by atoms with E-state index in [9.17, 15) is 9.59 Å². The number of hydrogen-bond acceptors (Lipinski definition) is 5. The zero-order valence-electron chi connectivity index (χ0n) is 10.0. The maximum Gasteiger partial charge on any atom is 0.347 e. The van der Waals surface area contributed by atoms with Gasteiger partial charge in [0, 0.05) is 13.1 Å². The van der Waals surface area contributed by atoms with Crippen LogP contribution < -0.4 is 0 Å². The van der Waals surface area contributed by atoms with Crippen LogP contribution in [0, 0.1) is 6.92 Å². The molecule has 5 nitrogen and oxygen atoms in total. The van der Waals surface area contributed by atoms with E-state index < -0.39 is 5.97 Å². The van der Waals surface area contributed by atoms with Crippen molar-refractivity contribution in [1.29, 1.82) is 0 Å². The van der Waals surface area contributed by atoms with E-state index in [-0.39, 0.29) is 10.8 Å². The van der Waals surface area contributed by atoms with Crippen LogP contribution in [0.15, 0.2) is 4.34 Å². The van der Waals surface area contributed by atoms with Gasteiger partial charge in [0.1, 0.15) is 4.88 Å². The van der Waals surface area contributed by atoms with Crippen LogP contribution in [-0.4, -0.2) is 45.7 Å². The van der Waals surface area contributed by atoms with Crippen LogP contribution >= 0.6 is 23.1 Å². The lowest BCUT2D eigenvalue weighted by Gasteiger charge is -2.13. The van der Waals surface area contributed by atoms with E-state index >= 15 is 0 Å². The van der Waals surface area contributed by atoms with Crippen LogP contribution in [-0.2, 0) is 4.79 Å². The van der Waals surface area contributed by atoms with Gasteiger partial charge in [-0.15, -0.1) is 11.3 Å². The standard InChI is InChI=1S/C11H14N2O3S2/c1-7-9(10(15)16)18-11(12-7)17-6-8(14)13-4-2-3-5-13/h2-6H2,1H3,(H,15,16). The van der Waals surface area contributed by atoms with E-state index in [0.29, 0.717) is 15.8 Å². The summed E-state index contributed by atoms with van der Waals surface area (Å²) in [6, 6.07) is 0. The summed E-state index contributed by atoms with van der Waals surface area (Å²) in [5.74, 6) is -0.503. The summed E-state index contributed by atoms with van der Waals surface area (Å²) in [5.41, 5.74) is 0.517. The molecule has 0 aromatic carbocycles. The zero-order chi connectivity index (χ0) is 13.1. The molecule has 2 heterocycles. The second-order valence-corrected chi connectivity index (χ2v) is 6.30. The molecule has 0 atom stereocenters. The number of carbonyl (C=O) groups is 2. The largest absolute Gasteiger partial charge is 0.477 e. The Bertz CT molecular complexity index is 467. The number of aromatic carboxylic acids is 1. The molecule has 0 spiro atoms. The number of carbonyl (C=O) groups excluding carboxylic acids is 1. The molecule has 1 fully saturated rings. The van der Waals surface area contributed by atoms with Crippen LogP contribution in [0.5, 0.6) is 0 Å². The molecule has 0 saturated carbocycles. The highest BCUT2D eigenvalue weighted by Crippen LogP contribution is 2.27. The van der Waals surface area contributed by atoms with Crippen molar-refractivity contribution in [3.63, 3.8) is 0 Å². The van der Waals surface area contributed by atoms with Gasteiger partial charge in [-0.05, 0) is 19.8 Å². The number of thioether (sulfide) groups is 1. The lowest BCUT2D eigenvalue weighted by atomic mass is 10.4. The minimum absolute atomic E-state index is 0.113. The van der Waals surface area contributed by atoms with Gasteiger partial charge in [-0.25, -0.2) is 9.78 Å². The smallest absolute Gasteiger partial charge is 0.347 e. The molecule has 1 saturated heterocycles. The summed E-state index contributed by atoms with van der Waals surface area (Å²) in [5, 5.41) is 8.91. The molecule has 0 radical (unpaired) electrons. The zero-order valence-corrected chi connectivity index (χ0v) is 11.6. The van der Waals surface area contributed by atoms with Crippen molar-refractivity contribution < 1.29 is 14.7 Å². The minimum atomic E-state index is -0.956. The number of carboxylic acids is 1. The lowest BCUT2D eigenvalue weighted by Crippen LogP contribution is -2.29. The molecule has 18 heavy (non-hydrogen) atoms. The summed E-state index contributed by atoms with van der Waals surface area (Å²) >= 11 is 2.45. The van der Waals surface area contributed by atoms with Gasteiger partial charge >= 0.3 is 5.97 Å². The van der Waals surface area contributed by atoms with Crippen LogP contribution in [0.3, 0.4) is 0 Å². The molecule has 1 aromatic rings. The van der Waals surface area contributed by atoms with Crippen molar-refractivity contribution >= 4 is 35.0 Å². The van der Waals surface area contributed by atoms with Gasteiger partial charge in [-0.3, -0.25) is 4.79 Å². The SMILES string of the molecule is Cc1nc(SCC(=O)N2CCCC2)sc1C(=O)O. The maximum atomic E-state index is 11.8. The number of aryl methyl sites for hydroxylation is 1. The predicted molar refractivity (Wildman–Crippen MR) is 70.3 cm³/mol. The van der Waals surface area contributed by atoms with Gasteiger partial charge in [0.25, 0.3) is 0 Å². The Labute approximate surface area is 113 Å². The second-order valence-electron chi connectivity index (χ2n) is 4.08. The average Bonchev–Trinajstić information content (AvgIpc) is 2.94. The first-order valence-electron chi connectivity index (χ1n) is 5.69. The monoisotopic (exact) mass is 286 g/mol. The highest BCUT2D eigenvalue weighted by molar-refractivity contribution is 8.01. The number of nitrogens with zero attached hydrogens (tertiary/aromatic N) is 2. The Kier molecular flexibility index (Phi) is 4.23. The van der Waals surface area contributed by atoms with Gasteiger partial charge in [0.2, 0.25) is 5.91 Å². The van der Waals surface area contributed by atoms with Gasteiger partial charge in [-0.1, -0.05) is 11.8 Å². The Balaban J connectivity index is 1.91. The fourth-order valence-corrected chi connectivity index (χ4v) is 3.74. The molecule has 2 rings (SSSR count). The predicted octanol–water partition coefficient (Wildman–Crippen LogP) is 1.86. The molecule has 1 aliphatic rings. The van der Waals surface area contributed by atoms with Crippen LogP contribution in [0.2, 0.25) is 0 Å². The first kappa shape index (κ1) is 13.4. The van der Waals surface area contributed by atoms with E-state index in [0.717, 1.165) is 37.3 Å². The van der Waals surface area contributed by atoms with E-state index in [2.05, 4.69) is 4.98 Å². The quantitative estimate of drug-likeness (QED) is 0.856. The average molecular weight is 286 g/mol. The van der Waals surface area contributed by atoms with Crippen molar-refractivity contribution in [1.82, 2.24) is 9.88 Å². The van der Waals surface area contributed by atoms with Crippen molar-refractivity contribution in [2.45, 2.75) is 24.1 Å².